The molecule has 182 valence electrons. The van der Waals surface area contributed by atoms with Crippen LogP contribution in [0.3, 0.4) is 0 Å². The predicted molar refractivity (Wildman–Crippen MR) is 137 cm³/mol. The molecule has 0 amide bonds. The summed E-state index contributed by atoms with van der Waals surface area (Å²) in [5, 5.41) is 13.8. The van der Waals surface area contributed by atoms with Gasteiger partial charge in [-0.15, -0.1) is 5.10 Å². The van der Waals surface area contributed by atoms with E-state index in [0.29, 0.717) is 11.4 Å². The van der Waals surface area contributed by atoms with Gasteiger partial charge in [0.05, 0.1) is 5.54 Å². The van der Waals surface area contributed by atoms with Crippen molar-refractivity contribution in [3.63, 3.8) is 0 Å². The topological polar surface area (TPSA) is 82.9 Å². The van der Waals surface area contributed by atoms with Crippen LogP contribution >= 0.6 is 0 Å². The summed E-state index contributed by atoms with van der Waals surface area (Å²) >= 11 is 0. The van der Waals surface area contributed by atoms with Gasteiger partial charge >= 0.3 is 0 Å². The highest BCUT2D eigenvalue weighted by Gasteiger charge is 2.34. The average Bonchev–Trinajstić information content (AvgIpc) is 3.32. The van der Waals surface area contributed by atoms with Crippen molar-refractivity contribution in [1.82, 2.24) is 35.0 Å². The number of tetrazole rings is 1. The Morgan fingerprint density at radius 1 is 1.00 bits per heavy atom. The van der Waals surface area contributed by atoms with Crippen LogP contribution in [0.1, 0.15) is 49.3 Å². The van der Waals surface area contributed by atoms with E-state index in [4.69, 9.17) is 0 Å². The largest absolute Gasteiger partial charge is 0.322 e. The highest BCUT2D eigenvalue weighted by Crippen LogP contribution is 2.30. The monoisotopic (exact) mass is 471 g/mol. The molecule has 2 aromatic carbocycles. The average molecular weight is 472 g/mol. The van der Waals surface area contributed by atoms with E-state index in [0.717, 1.165) is 49.2 Å². The summed E-state index contributed by atoms with van der Waals surface area (Å²) in [4.78, 5) is 21.3. The Hall–Kier alpha value is -3.36. The van der Waals surface area contributed by atoms with Crippen LogP contribution in [0.2, 0.25) is 0 Å². The maximum atomic E-state index is 13.4. The lowest BCUT2D eigenvalue weighted by atomic mass is 10.0. The van der Waals surface area contributed by atoms with Crippen LogP contribution in [0.5, 0.6) is 0 Å². The Bertz CT molecular complexity index is 1360. The lowest BCUT2D eigenvalue weighted by Crippen LogP contribution is -2.49. The molecular formula is C27H33N7O. The number of hydrogen-bond acceptors (Lipinski definition) is 6. The molecule has 0 unspecified atom stereocenters. The third-order valence-electron chi connectivity index (χ3n) is 6.72. The summed E-state index contributed by atoms with van der Waals surface area (Å²) in [6.07, 6.45) is 0. The SMILES string of the molecule is Cc1ccc2[nH]c(=O)c([C@H](c3nnnn3C(C)(C)C)N3CCN(Cc4ccccc4)CC3)cc2c1. The zero-order valence-corrected chi connectivity index (χ0v) is 20.9. The fourth-order valence-corrected chi connectivity index (χ4v) is 4.91. The molecule has 3 heterocycles. The molecule has 8 nitrogen and oxygen atoms in total. The Kier molecular flexibility index (Phi) is 6.25. The minimum Gasteiger partial charge on any atom is -0.322 e. The Labute approximate surface area is 205 Å². The Morgan fingerprint density at radius 3 is 2.46 bits per heavy atom. The number of aromatic amines is 1. The van der Waals surface area contributed by atoms with Crippen molar-refractivity contribution in [2.24, 2.45) is 0 Å². The quantitative estimate of drug-likeness (QED) is 0.480. The minimum atomic E-state index is -0.336. The first-order chi connectivity index (χ1) is 16.8. The van der Waals surface area contributed by atoms with Crippen molar-refractivity contribution >= 4 is 10.9 Å². The fraction of sp³-hybridized carbons (Fsp3) is 0.407. The first kappa shape index (κ1) is 23.4. The second kappa shape index (κ2) is 9.36. The standard InChI is InChI=1S/C27H33N7O/c1-19-10-11-23-21(16-19)17-22(26(35)28-23)24(25-29-30-31-34(25)27(2,3)4)33-14-12-32(13-15-33)18-20-8-6-5-7-9-20/h5-11,16-17,24H,12-15,18H2,1-4H3,(H,28,35)/t24-/m1/s1. The zero-order valence-electron chi connectivity index (χ0n) is 20.9. The van der Waals surface area contributed by atoms with Gasteiger partial charge < -0.3 is 4.98 Å². The molecule has 35 heavy (non-hydrogen) atoms. The van der Waals surface area contributed by atoms with Crippen LogP contribution in [0.25, 0.3) is 10.9 Å². The molecule has 2 aromatic heterocycles. The van der Waals surface area contributed by atoms with Gasteiger partial charge in [-0.25, -0.2) is 4.68 Å². The molecule has 0 spiro atoms. The minimum absolute atomic E-state index is 0.0958. The number of aryl methyl sites for hydroxylation is 1. The summed E-state index contributed by atoms with van der Waals surface area (Å²) < 4.78 is 1.86. The molecule has 1 fully saturated rings. The van der Waals surface area contributed by atoms with Gasteiger partial charge in [0.1, 0.15) is 6.04 Å². The lowest BCUT2D eigenvalue weighted by molar-refractivity contribution is 0.0975. The smallest absolute Gasteiger partial charge is 0.253 e. The van der Waals surface area contributed by atoms with Crippen LogP contribution < -0.4 is 5.56 Å². The van der Waals surface area contributed by atoms with Gasteiger partial charge in [-0.2, -0.15) is 0 Å². The Morgan fingerprint density at radius 2 is 1.74 bits per heavy atom. The summed E-state index contributed by atoms with van der Waals surface area (Å²) in [7, 11) is 0. The van der Waals surface area contributed by atoms with Crippen molar-refractivity contribution in [3.8, 4) is 0 Å². The van der Waals surface area contributed by atoms with Crippen LogP contribution in [0.15, 0.2) is 59.4 Å². The van der Waals surface area contributed by atoms with Gasteiger partial charge in [0, 0.05) is 43.8 Å². The molecule has 0 saturated carbocycles. The van der Waals surface area contributed by atoms with E-state index in [1.165, 1.54) is 5.56 Å². The van der Waals surface area contributed by atoms with E-state index >= 15 is 0 Å². The van der Waals surface area contributed by atoms with Gasteiger partial charge in [-0.05, 0) is 67.3 Å². The lowest BCUT2D eigenvalue weighted by Gasteiger charge is -2.39. The van der Waals surface area contributed by atoms with Crippen LogP contribution in [0, 0.1) is 6.92 Å². The number of H-pyrrole nitrogens is 1. The molecular weight excluding hydrogens is 438 g/mol. The second-order valence-electron chi connectivity index (χ2n) is 10.5. The maximum Gasteiger partial charge on any atom is 0.253 e. The van der Waals surface area contributed by atoms with Gasteiger partial charge in [0.25, 0.3) is 5.56 Å². The van der Waals surface area contributed by atoms with Crippen molar-refractivity contribution in [3.05, 3.63) is 87.5 Å². The molecule has 0 radical (unpaired) electrons. The molecule has 1 atom stereocenters. The van der Waals surface area contributed by atoms with E-state index in [-0.39, 0.29) is 17.1 Å². The first-order valence-electron chi connectivity index (χ1n) is 12.2. The number of pyridine rings is 1. The van der Waals surface area contributed by atoms with E-state index in [1.807, 2.05) is 28.9 Å². The van der Waals surface area contributed by atoms with E-state index in [1.54, 1.807) is 0 Å². The van der Waals surface area contributed by atoms with Crippen LogP contribution in [-0.4, -0.2) is 61.2 Å². The van der Waals surface area contributed by atoms with E-state index in [9.17, 15) is 4.79 Å². The fourth-order valence-electron chi connectivity index (χ4n) is 4.91. The van der Waals surface area contributed by atoms with Gasteiger partial charge in [0.15, 0.2) is 5.82 Å². The summed E-state index contributed by atoms with van der Waals surface area (Å²) in [6.45, 7) is 12.7. The van der Waals surface area contributed by atoms with Crippen molar-refractivity contribution in [1.29, 1.82) is 0 Å². The van der Waals surface area contributed by atoms with Crippen molar-refractivity contribution in [2.45, 2.75) is 45.8 Å². The van der Waals surface area contributed by atoms with Crippen LogP contribution in [-0.2, 0) is 12.1 Å². The summed E-state index contributed by atoms with van der Waals surface area (Å²) in [5.41, 5.74) is 3.58. The number of nitrogens with one attached hydrogen (secondary N) is 1. The molecule has 1 aliphatic rings. The van der Waals surface area contributed by atoms with E-state index < -0.39 is 0 Å². The molecule has 0 aliphatic carbocycles. The number of piperazine rings is 1. The Balaban J connectivity index is 1.51. The summed E-state index contributed by atoms with van der Waals surface area (Å²) in [5.74, 6) is 0.700. The van der Waals surface area contributed by atoms with Crippen LogP contribution in [0.4, 0.5) is 0 Å². The first-order valence-corrected chi connectivity index (χ1v) is 12.2. The highest BCUT2D eigenvalue weighted by molar-refractivity contribution is 5.79. The third-order valence-corrected chi connectivity index (χ3v) is 6.72. The zero-order chi connectivity index (χ0) is 24.6. The van der Waals surface area contributed by atoms with Crippen molar-refractivity contribution < 1.29 is 0 Å². The number of hydrogen-bond donors (Lipinski definition) is 1. The molecule has 0 bridgehead atoms. The third kappa shape index (κ3) is 4.90. The molecule has 8 heteroatoms. The number of aromatic nitrogens is 5. The van der Waals surface area contributed by atoms with Crippen molar-refractivity contribution in [2.75, 3.05) is 26.2 Å². The molecule has 4 aromatic rings. The van der Waals surface area contributed by atoms with E-state index in [2.05, 4.69) is 88.3 Å². The number of nitrogens with zero attached hydrogens (tertiary/aromatic N) is 6. The normalized spacial score (nSPS) is 16.6. The molecule has 1 aliphatic heterocycles. The molecule has 1 saturated heterocycles. The van der Waals surface area contributed by atoms with Gasteiger partial charge in [-0.3, -0.25) is 14.6 Å². The number of benzene rings is 2. The highest BCUT2D eigenvalue weighted by atomic mass is 16.1. The maximum absolute atomic E-state index is 13.4. The predicted octanol–water partition coefficient (Wildman–Crippen LogP) is 3.49. The second-order valence-corrected chi connectivity index (χ2v) is 10.5. The van der Waals surface area contributed by atoms with Gasteiger partial charge in [-0.1, -0.05) is 42.0 Å². The number of fused-ring (bicyclic) bond motifs is 1. The van der Waals surface area contributed by atoms with Gasteiger partial charge in [0.2, 0.25) is 0 Å². The number of rotatable bonds is 5. The molecule has 1 N–H and O–H groups in total. The summed E-state index contributed by atoms with van der Waals surface area (Å²) in [6, 6.07) is 18.3. The molecule has 5 rings (SSSR count).